The maximum Gasteiger partial charge on any atom is 0.309 e. The van der Waals surface area contributed by atoms with Gasteiger partial charge in [0, 0.05) is 16.0 Å². The van der Waals surface area contributed by atoms with Crippen LogP contribution < -0.4 is 10.1 Å². The quantitative estimate of drug-likeness (QED) is 0.440. The molecular weight excluding hydrogens is 452 g/mol. The highest BCUT2D eigenvalue weighted by Gasteiger charge is 2.34. The zero-order valence-corrected chi connectivity index (χ0v) is 20.5. The molecule has 0 radical (unpaired) electrons. The standard InChI is InChI=1S/C26H30N2O5S/c1-4-32-26(30)18-11-13-28(14-12-18)23(19-8-5-6-9-21(19)31-3)20-16-17(2)34-25(20)27-24(29)22-10-7-15-33-22/h5-10,15-16,18,23H,4,11-14H2,1-3H3,(H,27,29)/t23-/m0/s1. The Morgan fingerprint density at radius 3 is 2.62 bits per heavy atom. The number of nitrogens with one attached hydrogen (secondary N) is 1. The van der Waals surface area contributed by atoms with Crippen LogP contribution in [0.25, 0.3) is 0 Å². The number of hydrogen-bond donors (Lipinski definition) is 1. The fourth-order valence-corrected chi connectivity index (χ4v) is 5.45. The zero-order chi connectivity index (χ0) is 24.1. The summed E-state index contributed by atoms with van der Waals surface area (Å²) in [5.41, 5.74) is 2.02. The Kier molecular flexibility index (Phi) is 7.70. The molecule has 1 aliphatic heterocycles. The predicted octanol–water partition coefficient (Wildman–Crippen LogP) is 5.27. The SMILES string of the molecule is CCOC(=O)C1CCN([C@@H](c2ccccc2OC)c2cc(C)sc2NC(=O)c2ccco2)CC1. The number of rotatable bonds is 8. The molecule has 34 heavy (non-hydrogen) atoms. The van der Waals surface area contributed by atoms with Crippen molar-refractivity contribution < 1.29 is 23.5 Å². The maximum atomic E-state index is 12.8. The number of amides is 1. The third-order valence-corrected chi connectivity index (χ3v) is 7.08. The van der Waals surface area contributed by atoms with Gasteiger partial charge in [0.25, 0.3) is 5.91 Å². The summed E-state index contributed by atoms with van der Waals surface area (Å²) in [6.45, 7) is 5.72. The van der Waals surface area contributed by atoms with Crippen LogP contribution >= 0.6 is 11.3 Å². The van der Waals surface area contributed by atoms with E-state index < -0.39 is 0 Å². The van der Waals surface area contributed by atoms with Gasteiger partial charge in [0.15, 0.2) is 5.76 Å². The third kappa shape index (κ3) is 5.18. The van der Waals surface area contributed by atoms with Gasteiger partial charge in [0.05, 0.1) is 31.9 Å². The van der Waals surface area contributed by atoms with Gasteiger partial charge in [-0.1, -0.05) is 18.2 Å². The number of nitrogens with zero attached hydrogens (tertiary/aromatic N) is 1. The van der Waals surface area contributed by atoms with E-state index in [-0.39, 0.29) is 29.6 Å². The van der Waals surface area contributed by atoms with Gasteiger partial charge >= 0.3 is 5.97 Å². The lowest BCUT2D eigenvalue weighted by molar-refractivity contribution is -0.149. The van der Waals surface area contributed by atoms with Crippen LogP contribution in [0, 0.1) is 12.8 Å². The Morgan fingerprint density at radius 2 is 1.94 bits per heavy atom. The third-order valence-electron chi connectivity index (χ3n) is 6.10. The van der Waals surface area contributed by atoms with Gasteiger partial charge < -0.3 is 19.2 Å². The van der Waals surface area contributed by atoms with E-state index in [1.807, 2.05) is 32.0 Å². The average Bonchev–Trinajstić information content (AvgIpc) is 3.51. The number of carbonyl (C=O) groups excluding carboxylic acids is 2. The fourth-order valence-electron chi connectivity index (χ4n) is 4.51. The first kappa shape index (κ1) is 24.0. The highest BCUT2D eigenvalue weighted by molar-refractivity contribution is 7.16. The van der Waals surface area contributed by atoms with Gasteiger partial charge in [0.2, 0.25) is 0 Å². The lowest BCUT2D eigenvalue weighted by Gasteiger charge is -2.37. The second kappa shape index (κ2) is 10.9. The van der Waals surface area contributed by atoms with Gasteiger partial charge in [0.1, 0.15) is 10.8 Å². The molecule has 3 aromatic rings. The molecule has 1 amide bonds. The second-order valence-electron chi connectivity index (χ2n) is 8.28. The number of piperidine rings is 1. The van der Waals surface area contributed by atoms with E-state index in [9.17, 15) is 9.59 Å². The summed E-state index contributed by atoms with van der Waals surface area (Å²) in [4.78, 5) is 28.5. The van der Waals surface area contributed by atoms with E-state index in [2.05, 4.69) is 22.3 Å². The van der Waals surface area contributed by atoms with Gasteiger partial charge in [-0.05, 0) is 64.0 Å². The van der Waals surface area contributed by atoms with Crippen molar-refractivity contribution in [3.05, 3.63) is 70.5 Å². The molecule has 1 saturated heterocycles. The molecule has 1 fully saturated rings. The van der Waals surface area contributed by atoms with Gasteiger partial charge in [-0.15, -0.1) is 11.3 Å². The molecular formula is C26H30N2O5S. The number of hydrogen-bond acceptors (Lipinski definition) is 7. The van der Waals surface area contributed by atoms with E-state index in [0.29, 0.717) is 6.61 Å². The number of esters is 1. The summed E-state index contributed by atoms with van der Waals surface area (Å²) in [6, 6.07) is 13.3. The number of furan rings is 1. The number of methoxy groups -OCH3 is 1. The molecule has 4 rings (SSSR count). The molecule has 0 spiro atoms. The molecule has 180 valence electrons. The summed E-state index contributed by atoms with van der Waals surface area (Å²) in [5.74, 6) is 0.562. The van der Waals surface area contributed by atoms with E-state index in [1.54, 1.807) is 19.2 Å². The molecule has 8 heteroatoms. The lowest BCUT2D eigenvalue weighted by Crippen LogP contribution is -2.40. The Balaban J connectivity index is 1.68. The summed E-state index contributed by atoms with van der Waals surface area (Å²) < 4.78 is 16.3. The van der Waals surface area contributed by atoms with E-state index >= 15 is 0 Å². The Labute approximate surface area is 203 Å². The molecule has 0 bridgehead atoms. The first-order valence-electron chi connectivity index (χ1n) is 11.5. The summed E-state index contributed by atoms with van der Waals surface area (Å²) >= 11 is 1.54. The number of ether oxygens (including phenoxy) is 2. The first-order valence-corrected chi connectivity index (χ1v) is 12.3. The fraction of sp³-hybridized carbons (Fsp3) is 0.385. The van der Waals surface area contributed by atoms with Crippen molar-refractivity contribution in [2.45, 2.75) is 32.7 Å². The number of carbonyl (C=O) groups is 2. The van der Waals surface area contributed by atoms with Crippen LogP contribution in [0.5, 0.6) is 5.75 Å². The topological polar surface area (TPSA) is 81.0 Å². The van der Waals surface area contributed by atoms with Crippen LogP contribution in [0.15, 0.2) is 53.1 Å². The molecule has 1 atom stereocenters. The first-order chi connectivity index (χ1) is 16.5. The van der Waals surface area contributed by atoms with Crippen LogP contribution in [0.4, 0.5) is 5.00 Å². The monoisotopic (exact) mass is 482 g/mol. The Bertz CT molecular complexity index is 1120. The summed E-state index contributed by atoms with van der Waals surface area (Å²) in [6.07, 6.45) is 2.93. The number of anilines is 1. The molecule has 2 aromatic heterocycles. The number of likely N-dealkylation sites (tertiary alicyclic amines) is 1. The van der Waals surface area contributed by atoms with E-state index in [0.717, 1.165) is 52.7 Å². The minimum atomic E-state index is -0.284. The van der Waals surface area contributed by atoms with Crippen LogP contribution in [0.3, 0.4) is 0 Å². The lowest BCUT2D eigenvalue weighted by atomic mass is 9.91. The van der Waals surface area contributed by atoms with Crippen LogP contribution in [0.1, 0.15) is 52.4 Å². The van der Waals surface area contributed by atoms with Crippen LogP contribution in [0.2, 0.25) is 0 Å². The van der Waals surface area contributed by atoms with Crippen molar-refractivity contribution in [3.63, 3.8) is 0 Å². The van der Waals surface area contributed by atoms with Crippen molar-refractivity contribution in [2.75, 3.05) is 32.1 Å². The largest absolute Gasteiger partial charge is 0.496 e. The average molecular weight is 483 g/mol. The Morgan fingerprint density at radius 1 is 1.18 bits per heavy atom. The zero-order valence-electron chi connectivity index (χ0n) is 19.7. The van der Waals surface area contributed by atoms with Crippen molar-refractivity contribution in [1.82, 2.24) is 4.90 Å². The second-order valence-corrected chi connectivity index (χ2v) is 9.54. The van der Waals surface area contributed by atoms with Gasteiger partial charge in [-0.3, -0.25) is 14.5 Å². The van der Waals surface area contributed by atoms with Crippen molar-refractivity contribution in [2.24, 2.45) is 5.92 Å². The van der Waals surface area contributed by atoms with Gasteiger partial charge in [-0.2, -0.15) is 0 Å². The summed E-state index contributed by atoms with van der Waals surface area (Å²) in [5, 5.41) is 3.83. The molecule has 0 saturated carbocycles. The van der Waals surface area contributed by atoms with Crippen LogP contribution in [-0.4, -0.2) is 43.6 Å². The van der Waals surface area contributed by atoms with Crippen molar-refractivity contribution in [3.8, 4) is 5.75 Å². The molecule has 7 nitrogen and oxygen atoms in total. The predicted molar refractivity (Wildman–Crippen MR) is 131 cm³/mol. The number of benzene rings is 1. The molecule has 0 aliphatic carbocycles. The van der Waals surface area contributed by atoms with E-state index in [4.69, 9.17) is 13.9 Å². The number of aryl methyl sites for hydroxylation is 1. The summed E-state index contributed by atoms with van der Waals surface area (Å²) in [7, 11) is 1.67. The van der Waals surface area contributed by atoms with E-state index in [1.165, 1.54) is 17.6 Å². The maximum absolute atomic E-state index is 12.8. The highest BCUT2D eigenvalue weighted by atomic mass is 32.1. The van der Waals surface area contributed by atoms with Crippen molar-refractivity contribution in [1.29, 1.82) is 0 Å². The molecule has 1 aliphatic rings. The molecule has 1 N–H and O–H groups in total. The van der Waals surface area contributed by atoms with Crippen LogP contribution in [-0.2, 0) is 9.53 Å². The van der Waals surface area contributed by atoms with Crippen molar-refractivity contribution >= 4 is 28.2 Å². The Hall–Kier alpha value is -3.10. The molecule has 0 unspecified atom stereocenters. The van der Waals surface area contributed by atoms with Gasteiger partial charge in [-0.25, -0.2) is 0 Å². The molecule has 3 heterocycles. The molecule has 1 aromatic carbocycles. The highest BCUT2D eigenvalue weighted by Crippen LogP contribution is 2.43. The number of para-hydroxylation sites is 1. The smallest absolute Gasteiger partial charge is 0.309 e. The number of thiophene rings is 1. The minimum Gasteiger partial charge on any atom is -0.496 e. The normalized spacial score (nSPS) is 15.6. The minimum absolute atomic E-state index is 0.0862.